The zero-order chi connectivity index (χ0) is 24.7. The Balaban J connectivity index is 1.50. The fraction of sp³-hybridized carbons (Fsp3) is 0.667. The Morgan fingerprint density at radius 3 is 2.41 bits per heavy atom. The normalized spacial score (nSPS) is 27.8. The fourth-order valence-corrected chi connectivity index (χ4v) is 5.56. The average Bonchev–Trinajstić information content (AvgIpc) is 3.58. The highest BCUT2D eigenvalue weighted by molar-refractivity contribution is 6.30. The van der Waals surface area contributed by atoms with Gasteiger partial charge in [-0.2, -0.15) is 5.10 Å². The number of methoxy groups -OCH3 is 1. The highest BCUT2D eigenvalue weighted by atomic mass is 35.5. The van der Waals surface area contributed by atoms with Gasteiger partial charge in [0.1, 0.15) is 11.1 Å². The van der Waals surface area contributed by atoms with Crippen molar-refractivity contribution in [1.82, 2.24) is 19.7 Å². The van der Waals surface area contributed by atoms with Gasteiger partial charge in [0, 0.05) is 24.4 Å². The molecule has 1 aliphatic heterocycles. The molecule has 34 heavy (non-hydrogen) atoms. The average molecular weight is 493 g/mol. The van der Waals surface area contributed by atoms with Crippen LogP contribution in [0.4, 0.5) is 9.18 Å². The van der Waals surface area contributed by atoms with E-state index in [9.17, 15) is 9.59 Å². The number of aromatic nitrogens is 3. The Morgan fingerprint density at radius 1 is 1.21 bits per heavy atom. The molecule has 3 aliphatic rings. The van der Waals surface area contributed by atoms with Crippen LogP contribution in [-0.4, -0.2) is 57.5 Å². The molecule has 184 valence electrons. The van der Waals surface area contributed by atoms with Crippen molar-refractivity contribution in [1.29, 1.82) is 0 Å². The standard InChI is InChI=1S/C24H30ClFN4O4/c1-10(2)18-16-19(15-12-8-29(9-13(12)15)23(32)34-24(3,4)5)28-30(14-7-11(14)22(31)33-6)20(16)17(26)21(25)27-18/h10-15H,7-9H2,1-6H3. The molecule has 0 aromatic carbocycles. The van der Waals surface area contributed by atoms with Crippen molar-refractivity contribution < 1.29 is 23.5 Å². The summed E-state index contributed by atoms with van der Waals surface area (Å²) in [6.07, 6.45) is 0.235. The predicted molar refractivity (Wildman–Crippen MR) is 123 cm³/mol. The molecular formula is C24H30ClFN4O4. The lowest BCUT2D eigenvalue weighted by molar-refractivity contribution is -0.142. The van der Waals surface area contributed by atoms with Gasteiger partial charge in [-0.3, -0.25) is 9.48 Å². The molecule has 3 heterocycles. The number of ether oxygens (including phenoxy) is 2. The molecule has 10 heteroatoms. The largest absolute Gasteiger partial charge is 0.469 e. The van der Waals surface area contributed by atoms with Crippen LogP contribution in [0.15, 0.2) is 0 Å². The molecule has 2 aliphatic carbocycles. The number of rotatable bonds is 4. The van der Waals surface area contributed by atoms with Gasteiger partial charge in [0.15, 0.2) is 11.0 Å². The summed E-state index contributed by atoms with van der Waals surface area (Å²) in [5, 5.41) is 5.37. The first-order valence-electron chi connectivity index (χ1n) is 11.8. The maximum Gasteiger partial charge on any atom is 0.410 e. The number of hydrogen-bond acceptors (Lipinski definition) is 6. The van der Waals surface area contributed by atoms with Gasteiger partial charge < -0.3 is 14.4 Å². The number of hydrogen-bond donors (Lipinski definition) is 0. The van der Waals surface area contributed by atoms with Gasteiger partial charge in [-0.05, 0) is 44.9 Å². The van der Waals surface area contributed by atoms with E-state index < -0.39 is 11.4 Å². The Hall–Kier alpha value is -2.42. The summed E-state index contributed by atoms with van der Waals surface area (Å²) < 4.78 is 27.4. The second kappa shape index (κ2) is 7.80. The van der Waals surface area contributed by atoms with Crippen molar-refractivity contribution in [3.05, 3.63) is 22.4 Å². The number of halogens is 2. The molecule has 2 saturated carbocycles. The fourth-order valence-electron chi connectivity index (χ4n) is 5.38. The maximum atomic E-state index is 15.4. The number of carbonyl (C=O) groups excluding carboxylic acids is 2. The van der Waals surface area contributed by atoms with Crippen molar-refractivity contribution in [2.45, 2.75) is 64.5 Å². The van der Waals surface area contributed by atoms with Crippen molar-refractivity contribution in [3.63, 3.8) is 0 Å². The van der Waals surface area contributed by atoms with Crippen LogP contribution in [-0.2, 0) is 14.3 Å². The summed E-state index contributed by atoms with van der Waals surface area (Å²) >= 11 is 6.19. The van der Waals surface area contributed by atoms with Gasteiger partial charge in [0.05, 0.1) is 30.5 Å². The van der Waals surface area contributed by atoms with Crippen LogP contribution >= 0.6 is 11.6 Å². The van der Waals surface area contributed by atoms with E-state index in [2.05, 4.69) is 4.98 Å². The highest BCUT2D eigenvalue weighted by Crippen LogP contribution is 2.60. The third-order valence-electron chi connectivity index (χ3n) is 7.08. The third-order valence-corrected chi connectivity index (χ3v) is 7.33. The molecule has 2 aromatic rings. The molecule has 1 amide bonds. The van der Waals surface area contributed by atoms with E-state index in [1.54, 1.807) is 9.58 Å². The first-order valence-corrected chi connectivity index (χ1v) is 12.1. The smallest absolute Gasteiger partial charge is 0.410 e. The zero-order valence-corrected chi connectivity index (χ0v) is 21.0. The van der Waals surface area contributed by atoms with Gasteiger partial charge in [0.25, 0.3) is 0 Å². The molecule has 0 bridgehead atoms. The summed E-state index contributed by atoms with van der Waals surface area (Å²) in [7, 11) is 1.35. The molecule has 8 nitrogen and oxygen atoms in total. The monoisotopic (exact) mass is 492 g/mol. The second-order valence-corrected chi connectivity index (χ2v) is 11.3. The number of amides is 1. The number of fused-ring (bicyclic) bond motifs is 2. The van der Waals surface area contributed by atoms with Gasteiger partial charge in [-0.1, -0.05) is 25.4 Å². The predicted octanol–water partition coefficient (Wildman–Crippen LogP) is 4.66. The van der Waals surface area contributed by atoms with Crippen LogP contribution < -0.4 is 0 Å². The number of likely N-dealkylation sites (tertiary alicyclic amines) is 1. The molecule has 0 radical (unpaired) electrons. The van der Waals surface area contributed by atoms with E-state index >= 15 is 4.39 Å². The molecule has 0 spiro atoms. The quantitative estimate of drug-likeness (QED) is 0.455. The minimum atomic E-state index is -0.614. The van der Waals surface area contributed by atoms with Crippen molar-refractivity contribution in [2.24, 2.45) is 17.8 Å². The molecule has 5 rings (SSSR count). The van der Waals surface area contributed by atoms with Gasteiger partial charge in [-0.25, -0.2) is 14.2 Å². The van der Waals surface area contributed by atoms with Crippen LogP contribution in [0.3, 0.4) is 0 Å². The van der Waals surface area contributed by atoms with E-state index in [-0.39, 0.29) is 52.8 Å². The van der Waals surface area contributed by atoms with E-state index in [1.165, 1.54) is 7.11 Å². The Bertz CT molecular complexity index is 1180. The first-order chi connectivity index (χ1) is 15.9. The second-order valence-electron chi connectivity index (χ2n) is 11.0. The third kappa shape index (κ3) is 3.72. The molecule has 0 N–H and O–H groups in total. The Morgan fingerprint density at radius 2 is 1.85 bits per heavy atom. The number of esters is 1. The number of carbonyl (C=O) groups is 2. The van der Waals surface area contributed by atoms with Crippen molar-refractivity contribution in [2.75, 3.05) is 20.2 Å². The molecule has 1 saturated heterocycles. The van der Waals surface area contributed by atoms with E-state index in [0.717, 1.165) is 5.69 Å². The van der Waals surface area contributed by atoms with Crippen LogP contribution in [0, 0.1) is 23.6 Å². The Kier molecular flexibility index (Phi) is 5.35. The molecule has 3 fully saturated rings. The van der Waals surface area contributed by atoms with Crippen LogP contribution in [0.2, 0.25) is 5.15 Å². The van der Waals surface area contributed by atoms with E-state index in [4.69, 9.17) is 26.2 Å². The van der Waals surface area contributed by atoms with Crippen LogP contribution in [0.25, 0.3) is 10.9 Å². The van der Waals surface area contributed by atoms with Crippen molar-refractivity contribution >= 4 is 34.6 Å². The summed E-state index contributed by atoms with van der Waals surface area (Å²) in [5.41, 5.74) is 1.25. The zero-order valence-electron chi connectivity index (χ0n) is 20.3. The summed E-state index contributed by atoms with van der Waals surface area (Å²) in [6.45, 7) is 10.7. The number of nitrogens with zero attached hydrogens (tertiary/aromatic N) is 4. The first kappa shape index (κ1) is 23.3. The highest BCUT2D eigenvalue weighted by Gasteiger charge is 2.60. The lowest BCUT2D eigenvalue weighted by Gasteiger charge is -2.25. The molecule has 2 aromatic heterocycles. The minimum absolute atomic E-state index is 0.00413. The lowest BCUT2D eigenvalue weighted by atomic mass is 10.0. The number of pyridine rings is 1. The topological polar surface area (TPSA) is 86.6 Å². The summed E-state index contributed by atoms with van der Waals surface area (Å²) in [6, 6.07) is -0.270. The number of piperidine rings is 1. The molecule has 4 atom stereocenters. The SMILES string of the molecule is COC(=O)C1CC1n1nc(C2C3CN(C(=O)OC(C)(C)C)CC32)c2c(C(C)C)nc(Cl)c(F)c21. The Labute approximate surface area is 202 Å². The van der Waals surface area contributed by atoms with Crippen molar-refractivity contribution in [3.8, 4) is 0 Å². The molecule has 4 unspecified atom stereocenters. The summed E-state index contributed by atoms with van der Waals surface area (Å²) in [5.74, 6) is -0.729. The lowest BCUT2D eigenvalue weighted by Crippen LogP contribution is -2.36. The van der Waals surface area contributed by atoms with E-state index in [1.807, 2.05) is 34.6 Å². The van der Waals surface area contributed by atoms with Gasteiger partial charge in [-0.15, -0.1) is 0 Å². The summed E-state index contributed by atoms with van der Waals surface area (Å²) in [4.78, 5) is 30.7. The van der Waals surface area contributed by atoms with Gasteiger partial charge >= 0.3 is 12.1 Å². The minimum Gasteiger partial charge on any atom is -0.469 e. The van der Waals surface area contributed by atoms with Gasteiger partial charge in [0.2, 0.25) is 0 Å². The van der Waals surface area contributed by atoms with Crippen LogP contribution in [0.1, 0.15) is 70.3 Å². The van der Waals surface area contributed by atoms with E-state index in [0.29, 0.717) is 36.1 Å². The molecular weight excluding hydrogens is 463 g/mol. The maximum absolute atomic E-state index is 15.4. The van der Waals surface area contributed by atoms with Crippen LogP contribution in [0.5, 0.6) is 0 Å².